The Kier molecular flexibility index (Phi) is 2.48. The van der Waals surface area contributed by atoms with Gasteiger partial charge in [0.25, 0.3) is 0 Å². The molecule has 2 N–H and O–H groups in total. The number of halogens is 1. The van der Waals surface area contributed by atoms with Crippen LogP contribution >= 0.6 is 15.9 Å². The Labute approximate surface area is 109 Å². The van der Waals surface area contributed by atoms with Crippen LogP contribution < -0.4 is 10.6 Å². The lowest BCUT2D eigenvalue weighted by molar-refractivity contribution is 0.366. The second-order valence-electron chi connectivity index (χ2n) is 4.72. The Morgan fingerprint density at radius 2 is 2.06 bits per heavy atom. The topological polar surface area (TPSA) is 60.7 Å². The summed E-state index contributed by atoms with van der Waals surface area (Å²) in [7, 11) is 0. The molecule has 88 valence electrons. The van der Waals surface area contributed by atoms with Crippen LogP contribution in [-0.4, -0.2) is 10.6 Å². The van der Waals surface area contributed by atoms with E-state index in [-0.39, 0.29) is 5.66 Å². The fourth-order valence-electron chi connectivity index (χ4n) is 2.68. The van der Waals surface area contributed by atoms with Crippen molar-refractivity contribution in [2.45, 2.75) is 37.8 Å². The van der Waals surface area contributed by atoms with E-state index in [1.165, 1.54) is 19.3 Å². The maximum Gasteiger partial charge on any atom is 0.157 e. The molecule has 1 aliphatic carbocycles. The van der Waals surface area contributed by atoms with Crippen molar-refractivity contribution < 1.29 is 0 Å². The predicted molar refractivity (Wildman–Crippen MR) is 69.7 cm³/mol. The van der Waals surface area contributed by atoms with E-state index in [0.717, 1.165) is 28.8 Å². The van der Waals surface area contributed by atoms with Crippen LogP contribution in [0.2, 0.25) is 0 Å². The fraction of sp³-hybridized carbons (Fsp3) is 0.500. The van der Waals surface area contributed by atoms with Gasteiger partial charge in [0.1, 0.15) is 11.7 Å². The van der Waals surface area contributed by atoms with E-state index in [4.69, 9.17) is 5.26 Å². The highest BCUT2D eigenvalue weighted by Gasteiger charge is 2.38. The number of aromatic nitrogens is 1. The summed E-state index contributed by atoms with van der Waals surface area (Å²) in [6, 6.07) is 4.03. The van der Waals surface area contributed by atoms with Crippen LogP contribution in [-0.2, 0) is 0 Å². The summed E-state index contributed by atoms with van der Waals surface area (Å²) in [6.45, 7) is 0. The van der Waals surface area contributed by atoms with Crippen LogP contribution in [0, 0.1) is 11.3 Å². The van der Waals surface area contributed by atoms with Gasteiger partial charge >= 0.3 is 0 Å². The van der Waals surface area contributed by atoms with Gasteiger partial charge in [-0.05, 0) is 47.7 Å². The Bertz CT molecular complexity index is 500. The summed E-state index contributed by atoms with van der Waals surface area (Å²) >= 11 is 3.37. The quantitative estimate of drug-likeness (QED) is 0.771. The molecule has 4 nitrogen and oxygen atoms in total. The molecule has 1 spiro atoms. The van der Waals surface area contributed by atoms with Gasteiger partial charge in [-0.25, -0.2) is 4.98 Å². The zero-order valence-corrected chi connectivity index (χ0v) is 11.0. The molecule has 0 aromatic carbocycles. The summed E-state index contributed by atoms with van der Waals surface area (Å²) in [6.07, 6.45) is 6.01. The van der Waals surface area contributed by atoms with Crippen molar-refractivity contribution in [3.8, 4) is 6.07 Å². The summed E-state index contributed by atoms with van der Waals surface area (Å²) in [5, 5.41) is 15.9. The molecule has 1 saturated carbocycles. The number of anilines is 2. The fourth-order valence-corrected chi connectivity index (χ4v) is 3.09. The third-order valence-electron chi connectivity index (χ3n) is 3.52. The number of nitriles is 1. The first-order chi connectivity index (χ1) is 8.22. The van der Waals surface area contributed by atoms with Crippen LogP contribution in [0.5, 0.6) is 0 Å². The van der Waals surface area contributed by atoms with E-state index < -0.39 is 0 Å². The first kappa shape index (κ1) is 10.8. The van der Waals surface area contributed by atoms with Gasteiger partial charge in [-0.2, -0.15) is 5.26 Å². The number of nitrogens with one attached hydrogen (secondary N) is 2. The molecule has 1 aromatic heterocycles. The molecular weight excluding hydrogens is 280 g/mol. The Morgan fingerprint density at radius 3 is 2.76 bits per heavy atom. The van der Waals surface area contributed by atoms with Crippen molar-refractivity contribution in [2.24, 2.45) is 0 Å². The number of rotatable bonds is 0. The molecule has 0 atom stereocenters. The molecule has 1 fully saturated rings. The molecule has 5 heteroatoms. The van der Waals surface area contributed by atoms with Crippen molar-refractivity contribution in [3.63, 3.8) is 0 Å². The van der Waals surface area contributed by atoms with Gasteiger partial charge in [-0.1, -0.05) is 6.42 Å². The van der Waals surface area contributed by atoms with E-state index in [0.29, 0.717) is 5.69 Å². The minimum absolute atomic E-state index is 0.0267. The summed E-state index contributed by atoms with van der Waals surface area (Å²) in [5.41, 5.74) is 1.41. The molecule has 0 saturated heterocycles. The number of hydrogen-bond donors (Lipinski definition) is 2. The highest BCUT2D eigenvalue weighted by atomic mass is 79.9. The molecule has 1 aliphatic heterocycles. The molecule has 17 heavy (non-hydrogen) atoms. The van der Waals surface area contributed by atoms with Gasteiger partial charge in [0.15, 0.2) is 11.5 Å². The molecule has 2 heterocycles. The zero-order chi connectivity index (χ0) is 11.9. The summed E-state index contributed by atoms with van der Waals surface area (Å²) in [4.78, 5) is 4.34. The normalized spacial score (nSPS) is 20.2. The van der Waals surface area contributed by atoms with Gasteiger partial charge in [0, 0.05) is 0 Å². The Balaban J connectivity index is 1.95. The zero-order valence-electron chi connectivity index (χ0n) is 9.39. The third kappa shape index (κ3) is 1.77. The van der Waals surface area contributed by atoms with Crippen LogP contribution in [0.4, 0.5) is 11.5 Å². The minimum Gasteiger partial charge on any atom is -0.360 e. The summed E-state index contributed by atoms with van der Waals surface area (Å²) in [5.74, 6) is 0.812. The van der Waals surface area contributed by atoms with Crippen molar-refractivity contribution in [1.29, 1.82) is 5.26 Å². The van der Waals surface area contributed by atoms with Crippen LogP contribution in [0.3, 0.4) is 0 Å². The molecule has 0 radical (unpaired) electrons. The lowest BCUT2D eigenvalue weighted by atomic mass is 9.90. The first-order valence-electron chi connectivity index (χ1n) is 5.89. The molecule has 1 aromatic rings. The number of hydrogen-bond acceptors (Lipinski definition) is 4. The highest BCUT2D eigenvalue weighted by Crippen LogP contribution is 2.41. The standard InChI is InChI=1S/C12H13BrN4/c13-8-6-9-11(15-10(8)7-14)17-12(16-9)4-2-1-3-5-12/h6,16H,1-5H2,(H,15,17). The third-order valence-corrected chi connectivity index (χ3v) is 4.13. The monoisotopic (exact) mass is 292 g/mol. The molecular formula is C12H13BrN4. The Morgan fingerprint density at radius 1 is 1.29 bits per heavy atom. The number of pyridine rings is 1. The van der Waals surface area contributed by atoms with Crippen LogP contribution in [0.1, 0.15) is 37.8 Å². The maximum absolute atomic E-state index is 8.96. The minimum atomic E-state index is -0.0267. The molecule has 2 aliphatic rings. The molecule has 3 rings (SSSR count). The predicted octanol–water partition coefficient (Wildman–Crippen LogP) is 3.21. The smallest absolute Gasteiger partial charge is 0.157 e. The van der Waals surface area contributed by atoms with Gasteiger partial charge in [0.2, 0.25) is 0 Å². The number of nitrogens with zero attached hydrogens (tertiary/aromatic N) is 2. The van der Waals surface area contributed by atoms with Crippen molar-refractivity contribution >= 4 is 27.4 Å². The van der Waals surface area contributed by atoms with Crippen LogP contribution in [0.25, 0.3) is 0 Å². The lowest BCUT2D eigenvalue weighted by Gasteiger charge is -2.34. The average Bonchev–Trinajstić information content (AvgIpc) is 2.65. The largest absolute Gasteiger partial charge is 0.360 e. The molecule has 0 bridgehead atoms. The second kappa shape index (κ2) is 3.88. The van der Waals surface area contributed by atoms with Gasteiger partial charge in [-0.15, -0.1) is 0 Å². The first-order valence-corrected chi connectivity index (χ1v) is 6.69. The number of fused-ring (bicyclic) bond motifs is 1. The van der Waals surface area contributed by atoms with E-state index in [9.17, 15) is 0 Å². The van der Waals surface area contributed by atoms with Gasteiger partial charge < -0.3 is 10.6 Å². The van der Waals surface area contributed by atoms with Crippen molar-refractivity contribution in [3.05, 3.63) is 16.2 Å². The van der Waals surface area contributed by atoms with E-state index in [1.54, 1.807) is 0 Å². The lowest BCUT2D eigenvalue weighted by Crippen LogP contribution is -2.43. The van der Waals surface area contributed by atoms with Gasteiger partial charge in [0.05, 0.1) is 10.2 Å². The van der Waals surface area contributed by atoms with E-state index in [1.807, 2.05) is 6.07 Å². The second-order valence-corrected chi connectivity index (χ2v) is 5.57. The van der Waals surface area contributed by atoms with Crippen LogP contribution in [0.15, 0.2) is 10.5 Å². The van der Waals surface area contributed by atoms with Crippen molar-refractivity contribution in [2.75, 3.05) is 10.6 Å². The molecule has 0 unspecified atom stereocenters. The Hall–Kier alpha value is -1.28. The van der Waals surface area contributed by atoms with Gasteiger partial charge in [-0.3, -0.25) is 0 Å². The molecule has 0 amide bonds. The highest BCUT2D eigenvalue weighted by molar-refractivity contribution is 9.10. The van der Waals surface area contributed by atoms with Crippen molar-refractivity contribution in [1.82, 2.24) is 4.98 Å². The average molecular weight is 293 g/mol. The van der Waals surface area contributed by atoms with E-state index >= 15 is 0 Å². The van der Waals surface area contributed by atoms with E-state index in [2.05, 4.69) is 37.6 Å². The SMILES string of the molecule is N#Cc1nc2c(cc1Br)NC1(CCCCC1)N2. The summed E-state index contributed by atoms with van der Waals surface area (Å²) < 4.78 is 0.751. The maximum atomic E-state index is 8.96.